The fraction of sp³-hybridized carbons (Fsp3) is 0.389. The van der Waals surface area contributed by atoms with Gasteiger partial charge in [-0.3, -0.25) is 0 Å². The second-order valence-corrected chi connectivity index (χ2v) is 5.31. The van der Waals surface area contributed by atoms with Crippen molar-refractivity contribution in [3.05, 3.63) is 54.5 Å². The van der Waals surface area contributed by atoms with Crippen molar-refractivity contribution in [1.82, 2.24) is 10.6 Å². The van der Waals surface area contributed by atoms with E-state index in [2.05, 4.69) is 58.8 Å². The zero-order chi connectivity index (χ0) is 16.3. The molecule has 1 aromatic carbocycles. The smallest absolute Gasteiger partial charge is 0.191 e. The van der Waals surface area contributed by atoms with E-state index in [9.17, 15) is 0 Å². The first-order valence-corrected chi connectivity index (χ1v) is 8.10. The molecule has 0 atom stereocenters. The zero-order valence-corrected chi connectivity index (χ0v) is 14.0. The molecule has 2 rings (SSSR count). The maximum atomic E-state index is 5.30. The maximum absolute atomic E-state index is 5.30. The van der Waals surface area contributed by atoms with Crippen LogP contribution in [-0.4, -0.2) is 32.6 Å². The van der Waals surface area contributed by atoms with E-state index in [1.165, 1.54) is 5.69 Å². The molecule has 5 nitrogen and oxygen atoms in total. The number of hydrogen-bond acceptors (Lipinski definition) is 3. The van der Waals surface area contributed by atoms with Gasteiger partial charge in [0.05, 0.1) is 6.26 Å². The van der Waals surface area contributed by atoms with Crippen LogP contribution in [0, 0.1) is 0 Å². The normalized spacial score (nSPS) is 11.3. The van der Waals surface area contributed by atoms with E-state index in [0.717, 1.165) is 37.8 Å². The lowest BCUT2D eigenvalue weighted by molar-refractivity contribution is 0.512. The lowest BCUT2D eigenvalue weighted by atomic mass is 10.3. The Labute approximate surface area is 138 Å². The van der Waals surface area contributed by atoms with Gasteiger partial charge in [0.1, 0.15) is 12.3 Å². The van der Waals surface area contributed by atoms with Crippen LogP contribution in [0.25, 0.3) is 0 Å². The van der Waals surface area contributed by atoms with Crippen LogP contribution in [0.1, 0.15) is 19.1 Å². The summed E-state index contributed by atoms with van der Waals surface area (Å²) < 4.78 is 5.30. The highest BCUT2D eigenvalue weighted by atomic mass is 16.3. The van der Waals surface area contributed by atoms with Gasteiger partial charge < -0.3 is 20.0 Å². The third-order valence-corrected chi connectivity index (χ3v) is 3.48. The lowest BCUT2D eigenvalue weighted by Gasteiger charge is -2.19. The SMILES string of the molecule is CCNC(=NCc1ccco1)NCCCN(C)c1ccccc1. The van der Waals surface area contributed by atoms with Gasteiger partial charge in [0.2, 0.25) is 0 Å². The average Bonchev–Trinajstić information content (AvgIpc) is 3.10. The first-order valence-electron chi connectivity index (χ1n) is 8.10. The molecule has 0 aliphatic heterocycles. The molecule has 0 aliphatic rings. The summed E-state index contributed by atoms with van der Waals surface area (Å²) in [6.45, 7) is 5.32. The Morgan fingerprint density at radius 1 is 1.13 bits per heavy atom. The lowest BCUT2D eigenvalue weighted by Crippen LogP contribution is -2.38. The molecule has 0 spiro atoms. The Morgan fingerprint density at radius 3 is 2.65 bits per heavy atom. The first-order chi connectivity index (χ1) is 11.3. The van der Waals surface area contributed by atoms with Crippen LogP contribution >= 0.6 is 0 Å². The molecular formula is C18H26N4O. The highest BCUT2D eigenvalue weighted by molar-refractivity contribution is 5.79. The Morgan fingerprint density at radius 2 is 1.96 bits per heavy atom. The van der Waals surface area contributed by atoms with Crippen molar-refractivity contribution in [3.8, 4) is 0 Å². The van der Waals surface area contributed by atoms with E-state index in [-0.39, 0.29) is 0 Å². The molecule has 124 valence electrons. The summed E-state index contributed by atoms with van der Waals surface area (Å²) in [5.41, 5.74) is 1.24. The third-order valence-electron chi connectivity index (χ3n) is 3.48. The van der Waals surface area contributed by atoms with Crippen molar-refractivity contribution in [3.63, 3.8) is 0 Å². The predicted octanol–water partition coefficient (Wildman–Crippen LogP) is 2.86. The van der Waals surface area contributed by atoms with Crippen LogP contribution in [0.4, 0.5) is 5.69 Å². The van der Waals surface area contributed by atoms with Crippen LogP contribution in [-0.2, 0) is 6.54 Å². The molecule has 1 heterocycles. The molecular weight excluding hydrogens is 288 g/mol. The van der Waals surface area contributed by atoms with Crippen molar-refractivity contribution in [2.24, 2.45) is 4.99 Å². The van der Waals surface area contributed by atoms with Crippen LogP contribution < -0.4 is 15.5 Å². The van der Waals surface area contributed by atoms with Crippen LogP contribution in [0.5, 0.6) is 0 Å². The number of benzene rings is 1. The fourth-order valence-corrected chi connectivity index (χ4v) is 2.24. The molecule has 2 N–H and O–H groups in total. The van der Waals surface area contributed by atoms with Crippen molar-refractivity contribution < 1.29 is 4.42 Å². The van der Waals surface area contributed by atoms with Gasteiger partial charge in [0.25, 0.3) is 0 Å². The number of guanidine groups is 1. The van der Waals surface area contributed by atoms with Crippen molar-refractivity contribution in [2.45, 2.75) is 19.9 Å². The molecule has 0 unspecified atom stereocenters. The van der Waals surface area contributed by atoms with E-state index < -0.39 is 0 Å². The highest BCUT2D eigenvalue weighted by Gasteiger charge is 2.01. The number of anilines is 1. The molecule has 0 aliphatic carbocycles. The summed E-state index contributed by atoms with van der Waals surface area (Å²) in [7, 11) is 2.12. The van der Waals surface area contributed by atoms with Crippen LogP contribution in [0.15, 0.2) is 58.1 Å². The maximum Gasteiger partial charge on any atom is 0.191 e. The van der Waals surface area contributed by atoms with Crippen LogP contribution in [0.3, 0.4) is 0 Å². The van der Waals surface area contributed by atoms with Gasteiger partial charge in [-0.2, -0.15) is 0 Å². The van der Waals surface area contributed by atoms with Crippen molar-refractivity contribution >= 4 is 11.6 Å². The number of aliphatic imine (C=N–C) groups is 1. The zero-order valence-electron chi connectivity index (χ0n) is 14.0. The van der Waals surface area contributed by atoms with Gasteiger partial charge >= 0.3 is 0 Å². The summed E-state index contributed by atoms with van der Waals surface area (Å²) >= 11 is 0. The van der Waals surface area contributed by atoms with Gasteiger partial charge in [-0.05, 0) is 37.6 Å². The number of rotatable bonds is 8. The Hall–Kier alpha value is -2.43. The summed E-state index contributed by atoms with van der Waals surface area (Å²) in [4.78, 5) is 6.78. The largest absolute Gasteiger partial charge is 0.467 e. The van der Waals surface area contributed by atoms with E-state index in [0.29, 0.717) is 6.54 Å². The van der Waals surface area contributed by atoms with Gasteiger partial charge in [0.15, 0.2) is 5.96 Å². The minimum Gasteiger partial charge on any atom is -0.467 e. The van der Waals surface area contributed by atoms with Gasteiger partial charge in [-0.1, -0.05) is 18.2 Å². The van der Waals surface area contributed by atoms with Gasteiger partial charge in [0, 0.05) is 32.4 Å². The monoisotopic (exact) mass is 314 g/mol. The number of para-hydroxylation sites is 1. The van der Waals surface area contributed by atoms with Gasteiger partial charge in [-0.15, -0.1) is 0 Å². The highest BCUT2D eigenvalue weighted by Crippen LogP contribution is 2.10. The minimum atomic E-state index is 0.548. The minimum absolute atomic E-state index is 0.548. The molecule has 0 fully saturated rings. The van der Waals surface area contributed by atoms with Crippen molar-refractivity contribution in [2.75, 3.05) is 31.6 Å². The molecule has 0 bridgehead atoms. The quantitative estimate of drug-likeness (QED) is 0.447. The predicted molar refractivity (Wildman–Crippen MR) is 95.9 cm³/mol. The number of nitrogens with zero attached hydrogens (tertiary/aromatic N) is 2. The van der Waals surface area contributed by atoms with E-state index >= 15 is 0 Å². The van der Waals surface area contributed by atoms with Crippen molar-refractivity contribution in [1.29, 1.82) is 0 Å². The third kappa shape index (κ3) is 6.06. The topological polar surface area (TPSA) is 52.8 Å². The Kier molecular flexibility index (Phi) is 7.04. The molecule has 0 saturated carbocycles. The molecule has 0 amide bonds. The molecule has 2 aromatic rings. The molecule has 5 heteroatoms. The number of hydrogen-bond donors (Lipinski definition) is 2. The van der Waals surface area contributed by atoms with Crippen LogP contribution in [0.2, 0.25) is 0 Å². The summed E-state index contributed by atoms with van der Waals surface area (Å²) in [5, 5.41) is 6.61. The average molecular weight is 314 g/mol. The fourth-order valence-electron chi connectivity index (χ4n) is 2.24. The number of furan rings is 1. The molecule has 23 heavy (non-hydrogen) atoms. The molecule has 0 saturated heterocycles. The summed E-state index contributed by atoms with van der Waals surface area (Å²) in [6, 6.07) is 14.2. The molecule has 1 aromatic heterocycles. The number of nitrogens with one attached hydrogen (secondary N) is 2. The Bertz CT molecular complexity index is 566. The van der Waals surface area contributed by atoms with E-state index in [1.54, 1.807) is 6.26 Å². The standard InChI is InChI=1S/C18H26N4O/c1-3-19-18(21-15-17-11-7-14-23-17)20-12-8-13-22(2)16-9-5-4-6-10-16/h4-7,9-11,14H,3,8,12-13,15H2,1-2H3,(H2,19,20,21). The Balaban J connectivity index is 1.72. The van der Waals surface area contributed by atoms with E-state index in [4.69, 9.17) is 4.42 Å². The van der Waals surface area contributed by atoms with Gasteiger partial charge in [-0.25, -0.2) is 4.99 Å². The summed E-state index contributed by atoms with van der Waals surface area (Å²) in [5.74, 6) is 1.69. The molecule has 0 radical (unpaired) electrons. The second kappa shape index (κ2) is 9.56. The summed E-state index contributed by atoms with van der Waals surface area (Å²) in [6.07, 6.45) is 2.71. The second-order valence-electron chi connectivity index (χ2n) is 5.31. The van der Waals surface area contributed by atoms with E-state index in [1.807, 2.05) is 18.2 Å². The first kappa shape index (κ1) is 16.9.